The first-order valence-corrected chi connectivity index (χ1v) is 6.55. The maximum absolute atomic E-state index is 5.61. The fourth-order valence-corrected chi connectivity index (χ4v) is 3.10. The summed E-state index contributed by atoms with van der Waals surface area (Å²) in [5, 5.41) is 1.18. The monoisotopic (exact) mass is 284 g/mol. The molecule has 0 aliphatic carbocycles. The van der Waals surface area contributed by atoms with Crippen LogP contribution in [0.1, 0.15) is 11.9 Å². The highest BCUT2D eigenvalue weighted by molar-refractivity contribution is 9.10. The Labute approximate surface area is 102 Å². The lowest BCUT2D eigenvalue weighted by Crippen LogP contribution is -2.12. The van der Waals surface area contributed by atoms with E-state index < -0.39 is 0 Å². The van der Waals surface area contributed by atoms with Crippen LogP contribution in [0.15, 0.2) is 22.7 Å². The summed E-state index contributed by atoms with van der Waals surface area (Å²) in [5.74, 6) is 0.508. The molecule has 0 saturated heterocycles. The molecule has 1 atom stereocenters. The Bertz CT molecular complexity index is 467. The molecule has 2 rings (SSSR count). The molecule has 0 aliphatic heterocycles. The van der Waals surface area contributed by atoms with Gasteiger partial charge in [0, 0.05) is 10.9 Å². The molecule has 15 heavy (non-hydrogen) atoms. The highest BCUT2D eigenvalue weighted by Crippen LogP contribution is 2.26. The molecule has 0 fully saturated rings. The molecule has 0 radical (unpaired) electrons. The van der Waals surface area contributed by atoms with Crippen molar-refractivity contribution in [2.24, 2.45) is 11.7 Å². The second kappa shape index (κ2) is 4.60. The van der Waals surface area contributed by atoms with Gasteiger partial charge < -0.3 is 5.73 Å². The maximum Gasteiger partial charge on any atom is 0.0941 e. The second-order valence-electron chi connectivity index (χ2n) is 3.76. The number of aromatic nitrogens is 1. The van der Waals surface area contributed by atoms with Crippen molar-refractivity contribution < 1.29 is 0 Å². The smallest absolute Gasteiger partial charge is 0.0941 e. The average molecular weight is 285 g/mol. The molecule has 0 amide bonds. The number of halogens is 1. The summed E-state index contributed by atoms with van der Waals surface area (Å²) >= 11 is 5.22. The third-order valence-corrected chi connectivity index (χ3v) is 3.85. The van der Waals surface area contributed by atoms with Gasteiger partial charge in [-0.05, 0) is 30.7 Å². The zero-order valence-electron chi connectivity index (χ0n) is 8.53. The Morgan fingerprint density at radius 1 is 1.53 bits per heavy atom. The van der Waals surface area contributed by atoms with Gasteiger partial charge in [-0.15, -0.1) is 11.3 Å². The molecular weight excluding hydrogens is 272 g/mol. The van der Waals surface area contributed by atoms with E-state index in [9.17, 15) is 0 Å². The number of nitrogens with two attached hydrogens (primary N) is 1. The molecule has 2 nitrogen and oxygen atoms in total. The average Bonchev–Trinajstić information content (AvgIpc) is 2.59. The summed E-state index contributed by atoms with van der Waals surface area (Å²) in [5.41, 5.74) is 6.69. The molecule has 0 bridgehead atoms. The highest BCUT2D eigenvalue weighted by atomic mass is 79.9. The summed E-state index contributed by atoms with van der Waals surface area (Å²) in [6.07, 6.45) is 0.980. The van der Waals surface area contributed by atoms with Crippen molar-refractivity contribution >= 4 is 37.5 Å². The van der Waals surface area contributed by atoms with Crippen molar-refractivity contribution in [3.63, 3.8) is 0 Å². The van der Waals surface area contributed by atoms with Gasteiger partial charge in [0.1, 0.15) is 0 Å². The van der Waals surface area contributed by atoms with Gasteiger partial charge in [0.05, 0.1) is 15.2 Å². The lowest BCUT2D eigenvalue weighted by molar-refractivity contribution is 0.592. The van der Waals surface area contributed by atoms with E-state index in [1.54, 1.807) is 11.3 Å². The van der Waals surface area contributed by atoms with Crippen molar-refractivity contribution in [2.45, 2.75) is 13.3 Å². The normalized spacial score (nSPS) is 13.3. The van der Waals surface area contributed by atoms with Gasteiger partial charge in [-0.25, -0.2) is 4.98 Å². The molecule has 2 aromatic rings. The number of thiazole rings is 1. The number of rotatable bonds is 3. The van der Waals surface area contributed by atoms with Crippen LogP contribution >= 0.6 is 27.3 Å². The van der Waals surface area contributed by atoms with Crippen LogP contribution in [0, 0.1) is 5.92 Å². The molecule has 1 aromatic heterocycles. The fourth-order valence-electron chi connectivity index (χ4n) is 1.41. The van der Waals surface area contributed by atoms with Crippen molar-refractivity contribution in [1.29, 1.82) is 0 Å². The lowest BCUT2D eigenvalue weighted by Gasteiger charge is -2.03. The predicted octanol–water partition coefficient (Wildman–Crippen LogP) is 3.20. The van der Waals surface area contributed by atoms with Crippen molar-refractivity contribution in [3.8, 4) is 0 Å². The number of benzene rings is 1. The summed E-state index contributed by atoms with van der Waals surface area (Å²) in [4.78, 5) is 4.58. The van der Waals surface area contributed by atoms with Gasteiger partial charge in [-0.2, -0.15) is 0 Å². The first kappa shape index (κ1) is 11.0. The van der Waals surface area contributed by atoms with E-state index in [1.807, 2.05) is 12.1 Å². The third-order valence-electron chi connectivity index (χ3n) is 2.32. The first-order chi connectivity index (χ1) is 7.19. The molecule has 1 unspecified atom stereocenters. The fraction of sp³-hybridized carbons (Fsp3) is 0.364. The Balaban J connectivity index is 2.30. The molecule has 2 N–H and O–H groups in total. The standard InChI is InChI=1S/C11H13BrN2S/c1-7(6-13)4-11-14-9-3-2-8(12)5-10(9)15-11/h2-3,5,7H,4,6,13H2,1H3. The SMILES string of the molecule is CC(CN)Cc1nc2ccc(Br)cc2s1. The quantitative estimate of drug-likeness (QED) is 0.940. The zero-order chi connectivity index (χ0) is 10.8. The topological polar surface area (TPSA) is 38.9 Å². The van der Waals surface area contributed by atoms with E-state index >= 15 is 0 Å². The van der Waals surface area contributed by atoms with E-state index in [1.165, 1.54) is 9.71 Å². The Hall–Kier alpha value is -0.450. The minimum atomic E-state index is 0.508. The van der Waals surface area contributed by atoms with Gasteiger partial charge in [0.15, 0.2) is 0 Å². The van der Waals surface area contributed by atoms with Crippen LogP contribution in [0.5, 0.6) is 0 Å². The van der Waals surface area contributed by atoms with Crippen molar-refractivity contribution in [2.75, 3.05) is 6.54 Å². The molecule has 1 heterocycles. The van der Waals surface area contributed by atoms with Gasteiger partial charge in [0.2, 0.25) is 0 Å². The van der Waals surface area contributed by atoms with Gasteiger partial charge in [0.25, 0.3) is 0 Å². The third kappa shape index (κ3) is 2.56. The van der Waals surface area contributed by atoms with E-state index in [0.717, 1.165) is 23.0 Å². The summed E-state index contributed by atoms with van der Waals surface area (Å²) in [7, 11) is 0. The molecular formula is C11H13BrN2S. The molecule has 4 heteroatoms. The van der Waals surface area contributed by atoms with Gasteiger partial charge >= 0.3 is 0 Å². The van der Waals surface area contributed by atoms with Crippen LogP contribution in [-0.2, 0) is 6.42 Å². The van der Waals surface area contributed by atoms with Crippen LogP contribution in [0.3, 0.4) is 0 Å². The van der Waals surface area contributed by atoms with E-state index in [0.29, 0.717) is 5.92 Å². The summed E-state index contributed by atoms with van der Waals surface area (Å²) in [6, 6.07) is 6.19. The molecule has 1 aromatic carbocycles. The van der Waals surface area contributed by atoms with Crippen molar-refractivity contribution in [3.05, 3.63) is 27.7 Å². The number of hydrogen-bond donors (Lipinski definition) is 1. The maximum atomic E-state index is 5.61. The predicted molar refractivity (Wildman–Crippen MR) is 69.2 cm³/mol. The lowest BCUT2D eigenvalue weighted by atomic mass is 10.1. The largest absolute Gasteiger partial charge is 0.330 e. The first-order valence-electron chi connectivity index (χ1n) is 4.94. The van der Waals surface area contributed by atoms with E-state index in [-0.39, 0.29) is 0 Å². The number of fused-ring (bicyclic) bond motifs is 1. The molecule has 80 valence electrons. The summed E-state index contributed by atoms with van der Waals surface area (Å²) in [6.45, 7) is 2.88. The van der Waals surface area contributed by atoms with E-state index in [2.05, 4.69) is 33.9 Å². The Morgan fingerprint density at radius 2 is 2.33 bits per heavy atom. The van der Waals surface area contributed by atoms with Crippen LogP contribution in [0.4, 0.5) is 0 Å². The second-order valence-corrected chi connectivity index (χ2v) is 5.80. The molecule has 0 aliphatic rings. The number of nitrogens with zero attached hydrogens (tertiary/aromatic N) is 1. The zero-order valence-corrected chi connectivity index (χ0v) is 10.9. The van der Waals surface area contributed by atoms with Crippen molar-refractivity contribution in [1.82, 2.24) is 4.98 Å². The highest BCUT2D eigenvalue weighted by Gasteiger charge is 2.07. The van der Waals surface area contributed by atoms with Crippen LogP contribution in [-0.4, -0.2) is 11.5 Å². The Morgan fingerprint density at radius 3 is 3.07 bits per heavy atom. The summed E-state index contributed by atoms with van der Waals surface area (Å²) < 4.78 is 2.35. The Kier molecular flexibility index (Phi) is 3.38. The van der Waals surface area contributed by atoms with E-state index in [4.69, 9.17) is 5.73 Å². The minimum absolute atomic E-state index is 0.508. The van der Waals surface area contributed by atoms with Crippen LogP contribution in [0.2, 0.25) is 0 Å². The van der Waals surface area contributed by atoms with Gasteiger partial charge in [-0.3, -0.25) is 0 Å². The van der Waals surface area contributed by atoms with Crippen LogP contribution < -0.4 is 5.73 Å². The number of hydrogen-bond acceptors (Lipinski definition) is 3. The minimum Gasteiger partial charge on any atom is -0.330 e. The molecule has 0 spiro atoms. The molecule has 0 saturated carbocycles. The van der Waals surface area contributed by atoms with Crippen LogP contribution in [0.25, 0.3) is 10.2 Å². The van der Waals surface area contributed by atoms with Gasteiger partial charge in [-0.1, -0.05) is 22.9 Å².